The fraction of sp³-hybridized carbons (Fsp3) is 0.545. The molecule has 0 spiro atoms. The maximum atomic E-state index is 12.1. The van der Waals surface area contributed by atoms with Crippen molar-refractivity contribution in [1.82, 2.24) is 9.71 Å². The van der Waals surface area contributed by atoms with Crippen molar-refractivity contribution < 1.29 is 13.2 Å². The lowest BCUT2D eigenvalue weighted by molar-refractivity contribution is -0.0659. The first kappa shape index (κ1) is 14.2. The summed E-state index contributed by atoms with van der Waals surface area (Å²) < 4.78 is 32.1. The number of ether oxygens (including phenoxy) is 1. The van der Waals surface area contributed by atoms with E-state index >= 15 is 0 Å². The maximum absolute atomic E-state index is 12.1. The molecule has 7 nitrogen and oxygen atoms in total. The summed E-state index contributed by atoms with van der Waals surface area (Å²) in [4.78, 5) is 3.98. The fourth-order valence-corrected chi connectivity index (χ4v) is 3.02. The number of hydrazine groups is 1. The van der Waals surface area contributed by atoms with Gasteiger partial charge in [-0.1, -0.05) is 0 Å². The van der Waals surface area contributed by atoms with Gasteiger partial charge in [-0.25, -0.2) is 24.0 Å². The van der Waals surface area contributed by atoms with Gasteiger partial charge in [0.15, 0.2) is 0 Å². The number of nitrogens with zero attached hydrogens (tertiary/aromatic N) is 1. The van der Waals surface area contributed by atoms with Crippen molar-refractivity contribution in [3.63, 3.8) is 0 Å². The van der Waals surface area contributed by atoms with E-state index in [4.69, 9.17) is 10.6 Å². The Kier molecular flexibility index (Phi) is 4.04. The summed E-state index contributed by atoms with van der Waals surface area (Å²) >= 11 is 0. The van der Waals surface area contributed by atoms with Gasteiger partial charge < -0.3 is 10.2 Å². The van der Waals surface area contributed by atoms with Crippen LogP contribution in [-0.4, -0.2) is 32.7 Å². The van der Waals surface area contributed by atoms with Gasteiger partial charge in [-0.2, -0.15) is 0 Å². The Bertz CT molecular complexity index is 520. The van der Waals surface area contributed by atoms with E-state index in [1.54, 1.807) is 7.11 Å². The highest BCUT2D eigenvalue weighted by Crippen LogP contribution is 2.34. The van der Waals surface area contributed by atoms with Gasteiger partial charge in [0.05, 0.1) is 5.60 Å². The third kappa shape index (κ3) is 3.03. The molecular formula is C11H18N4O3S. The Balaban J connectivity index is 2.05. The molecular weight excluding hydrogens is 268 g/mol. The van der Waals surface area contributed by atoms with E-state index in [2.05, 4.69) is 15.1 Å². The summed E-state index contributed by atoms with van der Waals surface area (Å²) in [5, 5.41) is 0. The molecule has 0 radical (unpaired) electrons. The normalized spacial score (nSPS) is 17.8. The van der Waals surface area contributed by atoms with Gasteiger partial charge in [0.2, 0.25) is 10.0 Å². The second-order valence-electron chi connectivity index (χ2n) is 4.59. The highest BCUT2D eigenvalue weighted by molar-refractivity contribution is 7.89. The smallest absolute Gasteiger partial charge is 0.242 e. The summed E-state index contributed by atoms with van der Waals surface area (Å²) in [6.07, 6.45) is 4.08. The first-order valence-corrected chi connectivity index (χ1v) is 7.47. The molecule has 1 fully saturated rings. The molecule has 0 aliphatic heterocycles. The van der Waals surface area contributed by atoms with Crippen LogP contribution in [0, 0.1) is 0 Å². The average Bonchev–Trinajstić information content (AvgIpc) is 2.38. The minimum atomic E-state index is -3.57. The second kappa shape index (κ2) is 5.41. The average molecular weight is 286 g/mol. The van der Waals surface area contributed by atoms with Crippen molar-refractivity contribution in [2.75, 3.05) is 19.1 Å². The zero-order chi connectivity index (χ0) is 13.9. The number of rotatable bonds is 6. The van der Waals surface area contributed by atoms with Crippen molar-refractivity contribution in [2.45, 2.75) is 29.8 Å². The number of sulfonamides is 1. The number of hydrogen-bond acceptors (Lipinski definition) is 6. The largest absolute Gasteiger partial charge is 0.377 e. The lowest BCUT2D eigenvalue weighted by atomic mass is 9.80. The lowest BCUT2D eigenvalue weighted by Crippen LogP contribution is -2.49. The van der Waals surface area contributed by atoms with Crippen LogP contribution in [0.15, 0.2) is 23.2 Å². The van der Waals surface area contributed by atoms with Crippen LogP contribution in [0.3, 0.4) is 0 Å². The highest BCUT2D eigenvalue weighted by Gasteiger charge is 2.38. The lowest BCUT2D eigenvalue weighted by Gasteiger charge is -2.40. The molecule has 1 heterocycles. The molecule has 1 aliphatic rings. The summed E-state index contributed by atoms with van der Waals surface area (Å²) in [6.45, 7) is 0.280. The van der Waals surface area contributed by atoms with E-state index in [0.29, 0.717) is 5.82 Å². The van der Waals surface area contributed by atoms with Crippen LogP contribution in [0.25, 0.3) is 0 Å². The Morgan fingerprint density at radius 1 is 1.47 bits per heavy atom. The Hall–Kier alpha value is -1.22. The van der Waals surface area contributed by atoms with Crippen LogP contribution in [0.5, 0.6) is 0 Å². The van der Waals surface area contributed by atoms with Gasteiger partial charge in [0, 0.05) is 19.9 Å². The van der Waals surface area contributed by atoms with Gasteiger partial charge in [-0.15, -0.1) is 0 Å². The van der Waals surface area contributed by atoms with Gasteiger partial charge in [-0.05, 0) is 31.4 Å². The molecule has 0 bridgehead atoms. The maximum Gasteiger partial charge on any atom is 0.242 e. The number of pyridine rings is 1. The van der Waals surface area contributed by atoms with Gasteiger partial charge in [-0.3, -0.25) is 0 Å². The van der Waals surface area contributed by atoms with E-state index in [1.807, 2.05) is 0 Å². The van der Waals surface area contributed by atoms with Crippen LogP contribution in [0.1, 0.15) is 19.3 Å². The van der Waals surface area contributed by atoms with Gasteiger partial charge in [0.25, 0.3) is 0 Å². The first-order valence-electron chi connectivity index (χ1n) is 5.99. The third-order valence-corrected chi connectivity index (χ3v) is 4.86. The molecule has 1 aliphatic carbocycles. The zero-order valence-electron chi connectivity index (χ0n) is 10.7. The Labute approximate surface area is 112 Å². The minimum Gasteiger partial charge on any atom is -0.377 e. The van der Waals surface area contributed by atoms with E-state index in [0.717, 1.165) is 19.3 Å². The minimum absolute atomic E-state index is 0.108. The predicted molar refractivity (Wildman–Crippen MR) is 70.8 cm³/mol. The van der Waals surface area contributed by atoms with Crippen molar-refractivity contribution in [1.29, 1.82) is 0 Å². The molecule has 0 unspecified atom stereocenters. The predicted octanol–water partition coefficient (Wildman–Crippen LogP) is 0.215. The van der Waals surface area contributed by atoms with E-state index in [9.17, 15) is 8.42 Å². The van der Waals surface area contributed by atoms with E-state index in [-0.39, 0.29) is 17.0 Å². The van der Waals surface area contributed by atoms with Crippen LogP contribution >= 0.6 is 0 Å². The Morgan fingerprint density at radius 2 is 2.21 bits per heavy atom. The molecule has 19 heavy (non-hydrogen) atoms. The third-order valence-electron chi connectivity index (χ3n) is 3.48. The van der Waals surface area contributed by atoms with Crippen LogP contribution < -0.4 is 16.0 Å². The SMILES string of the molecule is COC1(CNS(=O)(=O)c2ccc(NN)nc2)CCC1. The van der Waals surface area contributed by atoms with Crippen molar-refractivity contribution in [3.05, 3.63) is 18.3 Å². The number of hydrogen-bond donors (Lipinski definition) is 3. The van der Waals surface area contributed by atoms with Crippen LogP contribution in [0.2, 0.25) is 0 Å². The van der Waals surface area contributed by atoms with Crippen molar-refractivity contribution in [3.8, 4) is 0 Å². The van der Waals surface area contributed by atoms with Crippen LogP contribution in [-0.2, 0) is 14.8 Å². The number of nitrogen functional groups attached to an aromatic ring is 1. The molecule has 1 aromatic rings. The van der Waals surface area contributed by atoms with Gasteiger partial charge >= 0.3 is 0 Å². The number of anilines is 1. The fourth-order valence-electron chi connectivity index (χ4n) is 1.96. The number of methoxy groups -OCH3 is 1. The molecule has 4 N–H and O–H groups in total. The molecule has 0 amide bonds. The van der Waals surface area contributed by atoms with Crippen LogP contribution in [0.4, 0.5) is 5.82 Å². The number of nitrogens with one attached hydrogen (secondary N) is 2. The topological polar surface area (TPSA) is 106 Å². The molecule has 106 valence electrons. The molecule has 2 rings (SSSR count). The molecule has 1 saturated carbocycles. The summed E-state index contributed by atoms with van der Waals surface area (Å²) in [5.74, 6) is 5.58. The standard InChI is InChI=1S/C11H18N4O3S/c1-18-11(5-2-6-11)8-14-19(16,17)9-3-4-10(15-12)13-7-9/h3-4,7,14H,2,5-6,8,12H2,1H3,(H,13,15). The van der Waals surface area contributed by atoms with Crippen molar-refractivity contribution in [2.24, 2.45) is 5.84 Å². The Morgan fingerprint density at radius 3 is 2.63 bits per heavy atom. The number of aromatic nitrogens is 1. The van der Waals surface area contributed by atoms with E-state index in [1.165, 1.54) is 18.3 Å². The first-order chi connectivity index (χ1) is 9.01. The van der Waals surface area contributed by atoms with Crippen molar-refractivity contribution >= 4 is 15.8 Å². The summed E-state index contributed by atoms with van der Waals surface area (Å²) in [7, 11) is -1.96. The zero-order valence-corrected chi connectivity index (χ0v) is 11.5. The molecule has 8 heteroatoms. The monoisotopic (exact) mass is 286 g/mol. The summed E-state index contributed by atoms with van der Waals surface area (Å²) in [5.41, 5.74) is 1.99. The second-order valence-corrected chi connectivity index (χ2v) is 6.36. The number of nitrogens with two attached hydrogens (primary N) is 1. The molecule has 0 atom stereocenters. The molecule has 0 aromatic carbocycles. The molecule has 0 saturated heterocycles. The summed E-state index contributed by atoms with van der Waals surface area (Å²) in [6, 6.07) is 2.95. The van der Waals surface area contributed by atoms with Gasteiger partial charge in [0.1, 0.15) is 10.7 Å². The van der Waals surface area contributed by atoms with E-state index < -0.39 is 10.0 Å². The highest BCUT2D eigenvalue weighted by atomic mass is 32.2. The quantitative estimate of drug-likeness (QED) is 0.510. The molecule has 1 aromatic heterocycles.